The number of ether oxygens (including phenoxy) is 2. The molecule has 100 valence electrons. The number of nitrogens with zero attached hydrogens (tertiary/aromatic N) is 1. The molecule has 1 saturated heterocycles. The van der Waals surface area contributed by atoms with E-state index in [2.05, 4.69) is 42.2 Å². The van der Waals surface area contributed by atoms with Crippen molar-refractivity contribution in [1.82, 2.24) is 4.90 Å². The number of rotatable bonds is 6. The highest BCUT2D eigenvalue weighted by Gasteiger charge is 2.15. The lowest BCUT2D eigenvalue weighted by atomic mass is 10.2. The molecular weight excluding hydrogens is 226 g/mol. The lowest BCUT2D eigenvalue weighted by Gasteiger charge is -2.26. The van der Waals surface area contributed by atoms with Crippen LogP contribution in [0.5, 0.6) is 0 Å². The molecule has 0 spiro atoms. The predicted octanol–water partition coefficient (Wildman–Crippen LogP) is 2.66. The average Bonchev–Trinajstić information content (AvgIpc) is 2.45. The maximum atomic E-state index is 5.57. The van der Waals surface area contributed by atoms with Crippen LogP contribution in [-0.2, 0) is 16.0 Å². The summed E-state index contributed by atoms with van der Waals surface area (Å²) >= 11 is 0. The highest BCUT2D eigenvalue weighted by Crippen LogP contribution is 2.11. The molecule has 18 heavy (non-hydrogen) atoms. The van der Waals surface area contributed by atoms with E-state index < -0.39 is 0 Å². The first kappa shape index (κ1) is 13.5. The van der Waals surface area contributed by atoms with Gasteiger partial charge in [-0.3, -0.25) is 4.90 Å². The normalized spacial score (nSPS) is 17.2. The van der Waals surface area contributed by atoms with Crippen molar-refractivity contribution in [2.75, 3.05) is 26.3 Å². The fourth-order valence-corrected chi connectivity index (χ4v) is 2.18. The molecular formula is C15H23NO2. The van der Waals surface area contributed by atoms with Gasteiger partial charge in [0.05, 0.1) is 13.2 Å². The molecule has 3 heteroatoms. The van der Waals surface area contributed by atoms with Gasteiger partial charge in [-0.2, -0.15) is 0 Å². The monoisotopic (exact) mass is 249 g/mol. The molecule has 0 atom stereocenters. The SMILES string of the molecule is CCN(CCC1OCCCO1)Cc1ccccc1. The minimum Gasteiger partial charge on any atom is -0.353 e. The summed E-state index contributed by atoms with van der Waals surface area (Å²) in [5.41, 5.74) is 1.37. The van der Waals surface area contributed by atoms with Crippen LogP contribution in [-0.4, -0.2) is 37.5 Å². The molecule has 1 aliphatic heterocycles. The van der Waals surface area contributed by atoms with E-state index in [1.54, 1.807) is 0 Å². The third-order valence-corrected chi connectivity index (χ3v) is 3.27. The summed E-state index contributed by atoms with van der Waals surface area (Å²) in [4.78, 5) is 2.43. The van der Waals surface area contributed by atoms with Crippen LogP contribution in [0.25, 0.3) is 0 Å². The first-order chi connectivity index (χ1) is 8.88. The Bertz CT molecular complexity index is 323. The van der Waals surface area contributed by atoms with E-state index in [-0.39, 0.29) is 6.29 Å². The molecule has 3 nitrogen and oxygen atoms in total. The van der Waals surface area contributed by atoms with Crippen molar-refractivity contribution in [2.45, 2.75) is 32.6 Å². The average molecular weight is 249 g/mol. The van der Waals surface area contributed by atoms with Gasteiger partial charge >= 0.3 is 0 Å². The fourth-order valence-electron chi connectivity index (χ4n) is 2.18. The number of hydrogen-bond donors (Lipinski definition) is 0. The molecule has 1 fully saturated rings. The van der Waals surface area contributed by atoms with Crippen molar-refractivity contribution in [1.29, 1.82) is 0 Å². The van der Waals surface area contributed by atoms with Gasteiger partial charge in [0.25, 0.3) is 0 Å². The maximum Gasteiger partial charge on any atom is 0.158 e. The summed E-state index contributed by atoms with van der Waals surface area (Å²) in [5, 5.41) is 0. The Morgan fingerprint density at radius 3 is 2.56 bits per heavy atom. The second-order valence-corrected chi connectivity index (χ2v) is 4.67. The van der Waals surface area contributed by atoms with E-state index in [0.29, 0.717) is 0 Å². The predicted molar refractivity (Wildman–Crippen MR) is 72.3 cm³/mol. The van der Waals surface area contributed by atoms with Crippen LogP contribution in [0.15, 0.2) is 30.3 Å². The molecule has 0 unspecified atom stereocenters. The van der Waals surface area contributed by atoms with Crippen LogP contribution in [0.4, 0.5) is 0 Å². The van der Waals surface area contributed by atoms with Gasteiger partial charge < -0.3 is 9.47 Å². The quantitative estimate of drug-likeness (QED) is 0.773. The van der Waals surface area contributed by atoms with Gasteiger partial charge in [-0.05, 0) is 18.5 Å². The van der Waals surface area contributed by atoms with Crippen LogP contribution in [0, 0.1) is 0 Å². The third-order valence-electron chi connectivity index (χ3n) is 3.27. The van der Waals surface area contributed by atoms with Gasteiger partial charge in [0.2, 0.25) is 0 Å². The summed E-state index contributed by atoms with van der Waals surface area (Å²) in [6.45, 7) is 6.97. The van der Waals surface area contributed by atoms with E-state index in [1.807, 2.05) is 0 Å². The van der Waals surface area contributed by atoms with E-state index in [4.69, 9.17) is 9.47 Å². The molecule has 1 aliphatic rings. The Hall–Kier alpha value is -0.900. The highest BCUT2D eigenvalue weighted by molar-refractivity contribution is 5.14. The molecule has 0 aliphatic carbocycles. The minimum absolute atomic E-state index is 0.00331. The van der Waals surface area contributed by atoms with Gasteiger partial charge in [-0.25, -0.2) is 0 Å². The standard InChI is InChI=1S/C15H23NO2/c1-2-16(13-14-7-4-3-5-8-14)10-9-15-17-11-6-12-18-15/h3-5,7-8,15H,2,6,9-13H2,1H3. The summed E-state index contributed by atoms with van der Waals surface area (Å²) in [7, 11) is 0. The van der Waals surface area contributed by atoms with Crippen LogP contribution in [0.1, 0.15) is 25.3 Å². The van der Waals surface area contributed by atoms with Crippen molar-refractivity contribution >= 4 is 0 Å². The van der Waals surface area contributed by atoms with E-state index in [9.17, 15) is 0 Å². The lowest BCUT2D eigenvalue weighted by molar-refractivity contribution is -0.182. The minimum atomic E-state index is 0.00331. The van der Waals surface area contributed by atoms with Crippen molar-refractivity contribution in [2.24, 2.45) is 0 Å². The zero-order valence-corrected chi connectivity index (χ0v) is 11.2. The fraction of sp³-hybridized carbons (Fsp3) is 0.600. The second kappa shape index (κ2) is 7.52. The molecule has 1 heterocycles. The van der Waals surface area contributed by atoms with Crippen LogP contribution < -0.4 is 0 Å². The molecule has 0 saturated carbocycles. The zero-order chi connectivity index (χ0) is 12.6. The molecule has 2 rings (SSSR count). The van der Waals surface area contributed by atoms with Crippen LogP contribution in [0.3, 0.4) is 0 Å². The van der Waals surface area contributed by atoms with E-state index in [0.717, 1.165) is 45.7 Å². The van der Waals surface area contributed by atoms with Gasteiger partial charge in [0, 0.05) is 19.5 Å². The Morgan fingerprint density at radius 1 is 1.17 bits per heavy atom. The van der Waals surface area contributed by atoms with Crippen LogP contribution in [0.2, 0.25) is 0 Å². The summed E-state index contributed by atoms with van der Waals surface area (Å²) in [6, 6.07) is 10.6. The molecule has 1 aromatic carbocycles. The van der Waals surface area contributed by atoms with Crippen molar-refractivity contribution < 1.29 is 9.47 Å². The first-order valence-corrected chi connectivity index (χ1v) is 6.88. The van der Waals surface area contributed by atoms with Gasteiger partial charge in [0.15, 0.2) is 6.29 Å². The zero-order valence-electron chi connectivity index (χ0n) is 11.2. The van der Waals surface area contributed by atoms with Gasteiger partial charge in [0.1, 0.15) is 0 Å². The molecule has 1 aromatic rings. The third kappa shape index (κ3) is 4.41. The summed E-state index contributed by atoms with van der Waals surface area (Å²) in [6.07, 6.45) is 1.99. The lowest BCUT2D eigenvalue weighted by Crippen LogP contribution is -2.31. The van der Waals surface area contributed by atoms with E-state index >= 15 is 0 Å². The van der Waals surface area contributed by atoms with Gasteiger partial charge in [-0.15, -0.1) is 0 Å². The van der Waals surface area contributed by atoms with Crippen molar-refractivity contribution in [3.8, 4) is 0 Å². The topological polar surface area (TPSA) is 21.7 Å². The Labute approximate surface area is 110 Å². The second-order valence-electron chi connectivity index (χ2n) is 4.67. The molecule has 0 N–H and O–H groups in total. The Balaban J connectivity index is 1.75. The van der Waals surface area contributed by atoms with Gasteiger partial charge in [-0.1, -0.05) is 37.3 Å². The first-order valence-electron chi connectivity index (χ1n) is 6.88. The highest BCUT2D eigenvalue weighted by atomic mass is 16.7. The molecule has 0 radical (unpaired) electrons. The summed E-state index contributed by atoms with van der Waals surface area (Å²) in [5.74, 6) is 0. The largest absolute Gasteiger partial charge is 0.353 e. The van der Waals surface area contributed by atoms with Crippen LogP contribution >= 0.6 is 0 Å². The molecule has 0 aromatic heterocycles. The number of benzene rings is 1. The van der Waals surface area contributed by atoms with Crippen molar-refractivity contribution in [3.05, 3.63) is 35.9 Å². The number of hydrogen-bond acceptors (Lipinski definition) is 3. The smallest absolute Gasteiger partial charge is 0.158 e. The maximum absolute atomic E-state index is 5.57. The Morgan fingerprint density at radius 2 is 1.89 bits per heavy atom. The molecule has 0 bridgehead atoms. The summed E-state index contributed by atoms with van der Waals surface area (Å²) < 4.78 is 11.1. The molecule has 0 amide bonds. The Kier molecular flexibility index (Phi) is 5.65. The van der Waals surface area contributed by atoms with E-state index in [1.165, 1.54) is 5.56 Å². The van der Waals surface area contributed by atoms with Crippen molar-refractivity contribution in [3.63, 3.8) is 0 Å².